The van der Waals surface area contributed by atoms with Crippen LogP contribution in [0, 0.1) is 6.92 Å². The van der Waals surface area contributed by atoms with Crippen LogP contribution in [0.2, 0.25) is 0 Å². The van der Waals surface area contributed by atoms with Crippen molar-refractivity contribution >= 4 is 18.1 Å². The van der Waals surface area contributed by atoms with Crippen LogP contribution in [0.3, 0.4) is 0 Å². The van der Waals surface area contributed by atoms with E-state index in [0.29, 0.717) is 11.3 Å². The first-order chi connectivity index (χ1) is 10.2. The van der Waals surface area contributed by atoms with E-state index in [1.165, 1.54) is 7.11 Å². The van der Waals surface area contributed by atoms with Crippen molar-refractivity contribution in [1.82, 2.24) is 0 Å². The van der Waals surface area contributed by atoms with Crippen molar-refractivity contribution in [2.75, 3.05) is 14.2 Å². The number of esters is 1. The number of methoxy groups -OCH3 is 2. The van der Waals surface area contributed by atoms with Gasteiger partial charge in [0.2, 0.25) is 0 Å². The molecule has 0 N–H and O–H groups in total. The maximum atomic E-state index is 12.0. The molecule has 0 heterocycles. The summed E-state index contributed by atoms with van der Waals surface area (Å²) in [6.45, 7) is 1.87. The van der Waals surface area contributed by atoms with E-state index in [4.69, 9.17) is 9.47 Å². The molecule has 21 heavy (non-hydrogen) atoms. The highest BCUT2D eigenvalue weighted by molar-refractivity contribution is 5.96. The third kappa shape index (κ3) is 3.51. The zero-order valence-corrected chi connectivity index (χ0v) is 12.4. The fraction of sp³-hybridized carbons (Fsp3) is 0.167. The summed E-state index contributed by atoms with van der Waals surface area (Å²) in [5, 5.41) is 0. The summed E-state index contributed by atoms with van der Waals surface area (Å²) in [4.78, 5) is 12.0. The van der Waals surface area contributed by atoms with Gasteiger partial charge >= 0.3 is 5.97 Å². The maximum absolute atomic E-state index is 12.0. The Hall–Kier alpha value is -2.55. The summed E-state index contributed by atoms with van der Waals surface area (Å²) in [5.41, 5.74) is 3.23. The second-order valence-electron chi connectivity index (χ2n) is 4.64. The highest BCUT2D eigenvalue weighted by Gasteiger charge is 2.15. The van der Waals surface area contributed by atoms with Gasteiger partial charge in [-0.15, -0.1) is 0 Å². The number of hydrogen-bond acceptors (Lipinski definition) is 3. The van der Waals surface area contributed by atoms with Crippen LogP contribution < -0.4 is 4.74 Å². The lowest BCUT2D eigenvalue weighted by atomic mass is 10.00. The Balaban J connectivity index is 2.47. The number of carbonyl (C=O) groups excluding carboxylic acids is 1. The average Bonchev–Trinajstić information content (AvgIpc) is 2.52. The molecule has 0 aromatic heterocycles. The van der Waals surface area contributed by atoms with Crippen molar-refractivity contribution in [2.45, 2.75) is 6.92 Å². The Morgan fingerprint density at radius 1 is 1.05 bits per heavy atom. The molecular weight excluding hydrogens is 264 g/mol. The topological polar surface area (TPSA) is 35.5 Å². The lowest BCUT2D eigenvalue weighted by molar-refractivity contribution is 0.0599. The van der Waals surface area contributed by atoms with Gasteiger partial charge in [-0.25, -0.2) is 4.79 Å². The SMILES string of the molecule is COC(=O)c1c(C)cc(OC)cc1/C=C/c1ccccc1. The molecule has 0 saturated heterocycles. The van der Waals surface area contributed by atoms with Crippen molar-refractivity contribution in [1.29, 1.82) is 0 Å². The van der Waals surface area contributed by atoms with Crippen LogP contribution in [-0.2, 0) is 4.74 Å². The van der Waals surface area contributed by atoms with Crippen LogP contribution in [0.25, 0.3) is 12.2 Å². The van der Waals surface area contributed by atoms with Crippen LogP contribution >= 0.6 is 0 Å². The van der Waals surface area contributed by atoms with Gasteiger partial charge in [0.1, 0.15) is 5.75 Å². The Bertz CT molecular complexity index is 658. The normalized spacial score (nSPS) is 10.6. The molecule has 0 radical (unpaired) electrons. The summed E-state index contributed by atoms with van der Waals surface area (Å²) in [5.74, 6) is 0.371. The number of aryl methyl sites for hydroxylation is 1. The van der Waals surface area contributed by atoms with E-state index in [1.54, 1.807) is 7.11 Å². The van der Waals surface area contributed by atoms with Gasteiger partial charge in [0.25, 0.3) is 0 Å². The summed E-state index contributed by atoms with van der Waals surface area (Å²) in [7, 11) is 2.99. The Labute approximate surface area is 124 Å². The molecule has 0 aliphatic rings. The lowest BCUT2D eigenvalue weighted by Crippen LogP contribution is -2.06. The minimum atomic E-state index is -0.345. The number of rotatable bonds is 4. The molecule has 0 saturated carbocycles. The van der Waals surface area contributed by atoms with Crippen LogP contribution in [-0.4, -0.2) is 20.2 Å². The van der Waals surface area contributed by atoms with E-state index in [2.05, 4.69) is 0 Å². The van der Waals surface area contributed by atoms with E-state index < -0.39 is 0 Å². The van der Waals surface area contributed by atoms with Gasteiger partial charge in [0.15, 0.2) is 0 Å². The van der Waals surface area contributed by atoms with E-state index >= 15 is 0 Å². The summed E-state index contributed by atoms with van der Waals surface area (Å²) < 4.78 is 10.1. The fourth-order valence-corrected chi connectivity index (χ4v) is 2.16. The average molecular weight is 282 g/mol. The summed E-state index contributed by atoms with van der Waals surface area (Å²) in [6.07, 6.45) is 3.86. The van der Waals surface area contributed by atoms with Crippen molar-refractivity contribution in [2.24, 2.45) is 0 Å². The molecule has 0 aliphatic carbocycles. The molecule has 0 unspecified atom stereocenters. The molecule has 2 aromatic carbocycles. The van der Waals surface area contributed by atoms with Crippen molar-refractivity contribution in [3.8, 4) is 5.75 Å². The van der Waals surface area contributed by atoms with Crippen molar-refractivity contribution < 1.29 is 14.3 Å². The van der Waals surface area contributed by atoms with Gasteiger partial charge in [-0.2, -0.15) is 0 Å². The second-order valence-corrected chi connectivity index (χ2v) is 4.64. The van der Waals surface area contributed by atoms with E-state index in [-0.39, 0.29) is 5.97 Å². The Kier molecular flexibility index (Phi) is 4.77. The lowest BCUT2D eigenvalue weighted by Gasteiger charge is -2.10. The first-order valence-corrected chi connectivity index (χ1v) is 6.65. The van der Waals surface area contributed by atoms with Gasteiger partial charge in [-0.05, 0) is 35.7 Å². The largest absolute Gasteiger partial charge is 0.497 e. The van der Waals surface area contributed by atoms with Crippen LogP contribution in [0.4, 0.5) is 0 Å². The second kappa shape index (κ2) is 6.75. The van der Waals surface area contributed by atoms with Crippen LogP contribution in [0.1, 0.15) is 27.0 Å². The van der Waals surface area contributed by atoms with Crippen molar-refractivity contribution in [3.05, 3.63) is 64.7 Å². The Morgan fingerprint density at radius 2 is 1.76 bits per heavy atom. The highest BCUT2D eigenvalue weighted by atomic mass is 16.5. The Morgan fingerprint density at radius 3 is 2.38 bits per heavy atom. The van der Waals surface area contributed by atoms with Crippen LogP contribution in [0.15, 0.2) is 42.5 Å². The minimum absolute atomic E-state index is 0.345. The molecule has 0 aliphatic heterocycles. The number of hydrogen-bond donors (Lipinski definition) is 0. The smallest absolute Gasteiger partial charge is 0.338 e. The third-order valence-corrected chi connectivity index (χ3v) is 3.22. The summed E-state index contributed by atoms with van der Waals surface area (Å²) in [6, 6.07) is 13.6. The maximum Gasteiger partial charge on any atom is 0.338 e. The van der Waals surface area contributed by atoms with Gasteiger partial charge in [0.05, 0.1) is 19.8 Å². The standard InChI is InChI=1S/C18H18O3/c1-13-11-16(20-2)12-15(17(13)18(19)21-3)10-9-14-7-5-4-6-8-14/h4-12H,1-3H3/b10-9+. The van der Waals surface area contributed by atoms with Gasteiger partial charge in [0, 0.05) is 0 Å². The zero-order chi connectivity index (χ0) is 15.2. The molecule has 0 amide bonds. The molecule has 3 heteroatoms. The fourth-order valence-electron chi connectivity index (χ4n) is 2.16. The first-order valence-electron chi connectivity index (χ1n) is 6.65. The predicted octanol–water partition coefficient (Wildman–Crippen LogP) is 3.96. The zero-order valence-electron chi connectivity index (χ0n) is 12.4. The molecule has 2 aromatic rings. The highest BCUT2D eigenvalue weighted by Crippen LogP contribution is 2.25. The number of benzene rings is 2. The molecule has 2 rings (SSSR count). The summed E-state index contributed by atoms with van der Waals surface area (Å²) >= 11 is 0. The van der Waals surface area contributed by atoms with Gasteiger partial charge < -0.3 is 9.47 Å². The van der Waals surface area contributed by atoms with Gasteiger partial charge in [-0.1, -0.05) is 42.5 Å². The molecule has 0 fully saturated rings. The minimum Gasteiger partial charge on any atom is -0.497 e. The van der Waals surface area contributed by atoms with Gasteiger partial charge in [-0.3, -0.25) is 0 Å². The molecular formula is C18H18O3. The quantitative estimate of drug-likeness (QED) is 0.629. The molecule has 108 valence electrons. The third-order valence-electron chi connectivity index (χ3n) is 3.22. The number of ether oxygens (including phenoxy) is 2. The number of carbonyl (C=O) groups is 1. The van der Waals surface area contributed by atoms with E-state index in [1.807, 2.05) is 61.5 Å². The monoisotopic (exact) mass is 282 g/mol. The molecule has 0 bridgehead atoms. The molecule has 3 nitrogen and oxygen atoms in total. The van der Waals surface area contributed by atoms with E-state index in [0.717, 1.165) is 16.7 Å². The van der Waals surface area contributed by atoms with Crippen molar-refractivity contribution in [3.63, 3.8) is 0 Å². The van der Waals surface area contributed by atoms with Crippen LogP contribution in [0.5, 0.6) is 5.75 Å². The molecule has 0 spiro atoms. The van der Waals surface area contributed by atoms with E-state index in [9.17, 15) is 4.79 Å². The molecule has 0 atom stereocenters. The predicted molar refractivity (Wildman–Crippen MR) is 84.4 cm³/mol. The first kappa shape index (κ1) is 14.9.